The largest absolute Gasteiger partial charge is 0.485 e. The van der Waals surface area contributed by atoms with Crippen LogP contribution in [-0.2, 0) is 6.61 Å². The zero-order chi connectivity index (χ0) is 27.8. The molecule has 1 aliphatic carbocycles. The van der Waals surface area contributed by atoms with Crippen LogP contribution in [0.4, 0.5) is 14.6 Å². The Labute approximate surface area is 225 Å². The smallest absolute Gasteiger partial charge is 0.277 e. The van der Waals surface area contributed by atoms with Gasteiger partial charge in [0.1, 0.15) is 34.7 Å². The molecular formula is C28H30ClF2N5O2. The molecule has 0 spiro atoms. The first kappa shape index (κ1) is 27.4. The van der Waals surface area contributed by atoms with Crippen molar-refractivity contribution in [3.8, 4) is 11.4 Å². The van der Waals surface area contributed by atoms with Crippen molar-refractivity contribution in [2.24, 2.45) is 11.3 Å². The number of allylic oxidation sites excluding steroid dienone is 2. The van der Waals surface area contributed by atoms with E-state index >= 15 is 0 Å². The highest BCUT2D eigenvalue weighted by Gasteiger charge is 2.28. The highest BCUT2D eigenvalue weighted by molar-refractivity contribution is 6.31. The summed E-state index contributed by atoms with van der Waals surface area (Å²) in [7, 11) is 0. The molecule has 3 heterocycles. The van der Waals surface area contributed by atoms with Gasteiger partial charge in [0.2, 0.25) is 0 Å². The van der Waals surface area contributed by atoms with Crippen molar-refractivity contribution >= 4 is 23.1 Å². The Balaban J connectivity index is 1.64. The molecule has 1 fully saturated rings. The summed E-state index contributed by atoms with van der Waals surface area (Å²) < 4.78 is 34.1. The van der Waals surface area contributed by atoms with E-state index in [9.17, 15) is 13.6 Å². The summed E-state index contributed by atoms with van der Waals surface area (Å²) in [6.45, 7) is 9.24. The molecule has 0 radical (unpaired) electrons. The Morgan fingerprint density at radius 1 is 1.21 bits per heavy atom. The second kappa shape index (κ2) is 10.6. The summed E-state index contributed by atoms with van der Waals surface area (Å²) in [6.07, 6.45) is 6.52. The number of pyridine rings is 3. The van der Waals surface area contributed by atoms with Crippen molar-refractivity contribution in [2.75, 3.05) is 5.32 Å². The minimum Gasteiger partial charge on any atom is -0.485 e. The molecule has 3 aromatic rings. The van der Waals surface area contributed by atoms with Gasteiger partial charge in [0.05, 0.1) is 11.9 Å². The van der Waals surface area contributed by atoms with E-state index in [4.69, 9.17) is 21.7 Å². The number of hydrogen-bond acceptors (Lipinski definition) is 6. The Hall–Kier alpha value is -3.59. The molecule has 1 aliphatic rings. The summed E-state index contributed by atoms with van der Waals surface area (Å²) in [5.74, 6) is -0.681. The summed E-state index contributed by atoms with van der Waals surface area (Å²) in [5, 5.41) is 11.6. The van der Waals surface area contributed by atoms with Gasteiger partial charge in [-0.2, -0.15) is 0 Å². The standard InChI is InChI=1S/C28H30ClF2N5O2/c1-15-12-34-25(35-20(17-6-7-17)10-24(32)28(3,4)5)11-22(15)36-16(2)8-23(26(29)27(36)37)38-14-21-19(31)9-18(30)13-33-21/h8-13,17,32H,6-7,14H2,1-5H3,(H,34,35)/b20-10-,32-24?. The summed E-state index contributed by atoms with van der Waals surface area (Å²) in [6, 6.07) is 4.07. The summed E-state index contributed by atoms with van der Waals surface area (Å²) in [5.41, 5.74) is 2.43. The molecule has 38 heavy (non-hydrogen) atoms. The predicted octanol–water partition coefficient (Wildman–Crippen LogP) is 6.53. The number of anilines is 1. The van der Waals surface area contributed by atoms with Gasteiger partial charge in [-0.1, -0.05) is 32.4 Å². The molecule has 0 amide bonds. The molecule has 0 saturated heterocycles. The van der Waals surface area contributed by atoms with Crippen LogP contribution in [0.25, 0.3) is 5.69 Å². The topological polar surface area (TPSA) is 92.9 Å². The maximum Gasteiger partial charge on any atom is 0.277 e. The number of hydrogen-bond donors (Lipinski definition) is 2. The van der Waals surface area contributed by atoms with Crippen LogP contribution in [0.5, 0.6) is 5.75 Å². The van der Waals surface area contributed by atoms with E-state index in [-0.39, 0.29) is 28.5 Å². The van der Waals surface area contributed by atoms with Crippen molar-refractivity contribution < 1.29 is 13.5 Å². The van der Waals surface area contributed by atoms with Crippen LogP contribution in [-0.4, -0.2) is 20.2 Å². The number of ether oxygens (including phenoxy) is 1. The van der Waals surface area contributed by atoms with E-state index in [1.807, 2.05) is 33.8 Å². The lowest BCUT2D eigenvalue weighted by atomic mass is 9.89. The van der Waals surface area contributed by atoms with Crippen LogP contribution in [0.1, 0.15) is 50.6 Å². The van der Waals surface area contributed by atoms with Gasteiger partial charge in [0.15, 0.2) is 5.82 Å². The van der Waals surface area contributed by atoms with Crippen molar-refractivity contribution in [1.29, 1.82) is 5.41 Å². The number of aromatic nitrogens is 3. The van der Waals surface area contributed by atoms with Crippen LogP contribution in [0.3, 0.4) is 0 Å². The Bertz CT molecular complexity index is 1490. The Kier molecular flexibility index (Phi) is 7.69. The molecule has 0 bridgehead atoms. The molecule has 0 unspecified atom stereocenters. The average molecular weight is 542 g/mol. The quantitative estimate of drug-likeness (QED) is 0.316. The van der Waals surface area contributed by atoms with E-state index < -0.39 is 17.2 Å². The van der Waals surface area contributed by atoms with Crippen molar-refractivity contribution in [3.63, 3.8) is 0 Å². The number of nitrogens with zero attached hydrogens (tertiary/aromatic N) is 3. The molecule has 0 atom stereocenters. The SMILES string of the molecule is Cc1cnc(N/C(=C\C(=N)C(C)(C)C)C2CC2)cc1-n1c(C)cc(OCc2ncc(F)cc2F)c(Cl)c1=O. The normalized spacial score (nSPS) is 13.9. The second-order valence-electron chi connectivity index (χ2n) is 10.5. The zero-order valence-corrected chi connectivity index (χ0v) is 22.7. The van der Waals surface area contributed by atoms with Crippen molar-refractivity contribution in [1.82, 2.24) is 14.5 Å². The van der Waals surface area contributed by atoms with Gasteiger partial charge < -0.3 is 15.5 Å². The Morgan fingerprint density at radius 2 is 1.92 bits per heavy atom. The third-order valence-corrected chi connectivity index (χ3v) is 6.61. The minimum atomic E-state index is -0.851. The first-order valence-corrected chi connectivity index (χ1v) is 12.6. The molecule has 0 aromatic carbocycles. The van der Waals surface area contributed by atoms with E-state index in [0.29, 0.717) is 34.9 Å². The monoisotopic (exact) mass is 541 g/mol. The number of rotatable bonds is 8. The summed E-state index contributed by atoms with van der Waals surface area (Å²) >= 11 is 6.38. The molecule has 200 valence electrons. The molecule has 10 heteroatoms. The van der Waals surface area contributed by atoms with E-state index in [0.717, 1.165) is 30.3 Å². The zero-order valence-electron chi connectivity index (χ0n) is 22.0. The average Bonchev–Trinajstić information content (AvgIpc) is 3.68. The van der Waals surface area contributed by atoms with Crippen molar-refractivity contribution in [3.05, 3.63) is 86.3 Å². The lowest BCUT2D eigenvalue weighted by Crippen LogP contribution is -2.23. The Morgan fingerprint density at radius 3 is 2.55 bits per heavy atom. The maximum atomic E-state index is 13.9. The molecule has 3 aromatic heterocycles. The van der Waals surface area contributed by atoms with Gasteiger partial charge in [-0.3, -0.25) is 14.3 Å². The number of nitrogens with one attached hydrogen (secondary N) is 2. The third kappa shape index (κ3) is 6.10. The first-order valence-electron chi connectivity index (χ1n) is 12.2. The van der Waals surface area contributed by atoms with Gasteiger partial charge in [0.25, 0.3) is 5.56 Å². The molecule has 7 nitrogen and oxygen atoms in total. The third-order valence-electron chi connectivity index (χ3n) is 6.26. The van der Waals surface area contributed by atoms with Gasteiger partial charge in [-0.25, -0.2) is 13.8 Å². The second-order valence-corrected chi connectivity index (χ2v) is 10.9. The first-order chi connectivity index (χ1) is 17.8. The number of aryl methyl sites for hydroxylation is 2. The van der Waals surface area contributed by atoms with E-state index in [1.54, 1.807) is 25.3 Å². The molecule has 1 saturated carbocycles. The minimum absolute atomic E-state index is 0.0700. The van der Waals surface area contributed by atoms with E-state index in [2.05, 4.69) is 15.3 Å². The van der Waals surface area contributed by atoms with Crippen LogP contribution >= 0.6 is 11.6 Å². The van der Waals surface area contributed by atoms with Gasteiger partial charge >= 0.3 is 0 Å². The van der Waals surface area contributed by atoms with Gasteiger partial charge in [-0.05, 0) is 44.2 Å². The molecule has 2 N–H and O–H groups in total. The predicted molar refractivity (Wildman–Crippen MR) is 144 cm³/mol. The van der Waals surface area contributed by atoms with Crippen LogP contribution in [0, 0.1) is 42.2 Å². The molecule has 4 rings (SSSR count). The fourth-order valence-electron chi connectivity index (χ4n) is 3.77. The maximum absolute atomic E-state index is 13.9. The highest BCUT2D eigenvalue weighted by Crippen LogP contribution is 2.37. The van der Waals surface area contributed by atoms with Crippen molar-refractivity contribution in [2.45, 2.75) is 54.1 Å². The van der Waals surface area contributed by atoms with Crippen LogP contribution < -0.4 is 15.6 Å². The highest BCUT2D eigenvalue weighted by atomic mass is 35.5. The lowest BCUT2D eigenvalue weighted by Gasteiger charge is -2.20. The van der Waals surface area contributed by atoms with Gasteiger partial charge in [-0.15, -0.1) is 0 Å². The fraction of sp³-hybridized carbons (Fsp3) is 0.357. The van der Waals surface area contributed by atoms with Crippen LogP contribution in [0.15, 0.2) is 47.2 Å². The fourth-order valence-corrected chi connectivity index (χ4v) is 3.97. The number of halogens is 3. The molecular weight excluding hydrogens is 512 g/mol. The molecule has 0 aliphatic heterocycles. The van der Waals surface area contributed by atoms with Crippen LogP contribution in [0.2, 0.25) is 5.02 Å². The lowest BCUT2D eigenvalue weighted by molar-refractivity contribution is 0.292. The van der Waals surface area contributed by atoms with E-state index in [1.165, 1.54) is 4.57 Å². The van der Waals surface area contributed by atoms with Gasteiger partial charge in [0, 0.05) is 46.9 Å². The summed E-state index contributed by atoms with van der Waals surface area (Å²) in [4.78, 5) is 21.5.